The van der Waals surface area contributed by atoms with Gasteiger partial charge in [0.2, 0.25) is 0 Å². The third kappa shape index (κ3) is 5.64. The van der Waals surface area contributed by atoms with Crippen LogP contribution in [0.1, 0.15) is 0 Å². The highest BCUT2D eigenvalue weighted by molar-refractivity contribution is 7.91. The largest absolute Gasteiger partial charge is 0.494 e. The Labute approximate surface area is 146 Å². The molecular weight excluding hydrogens is 344 g/mol. The van der Waals surface area contributed by atoms with Gasteiger partial charge in [0.15, 0.2) is 21.6 Å². The zero-order valence-corrected chi connectivity index (χ0v) is 14.7. The summed E-state index contributed by atoms with van der Waals surface area (Å²) in [6.45, 7) is 0. The molecule has 0 heterocycles. The van der Waals surface area contributed by atoms with E-state index in [9.17, 15) is 8.42 Å². The summed E-state index contributed by atoms with van der Waals surface area (Å²) in [6.07, 6.45) is 0. The summed E-state index contributed by atoms with van der Waals surface area (Å²) < 4.78 is 34.1. The Morgan fingerprint density at radius 1 is 0.760 bits per heavy atom. The molecule has 9 heteroatoms. The van der Waals surface area contributed by atoms with Crippen molar-refractivity contribution in [3.63, 3.8) is 0 Å². The van der Waals surface area contributed by atoms with Crippen molar-refractivity contribution in [1.29, 1.82) is 0 Å². The topological polar surface area (TPSA) is 102 Å². The lowest BCUT2D eigenvalue weighted by atomic mass is 10.3. The highest BCUT2D eigenvalue weighted by Crippen LogP contribution is 2.27. The Hall–Kier alpha value is -2.81. The molecule has 132 valence electrons. The van der Waals surface area contributed by atoms with E-state index in [0.29, 0.717) is 22.9 Å². The summed E-state index contributed by atoms with van der Waals surface area (Å²) in [4.78, 5) is 0. The van der Waals surface area contributed by atoms with Crippen LogP contribution in [0.25, 0.3) is 0 Å². The molecule has 0 radical (unpaired) electrons. The number of nitrogens with zero attached hydrogens (tertiary/aromatic N) is 4. The summed E-state index contributed by atoms with van der Waals surface area (Å²) in [7, 11) is -0.557. The van der Waals surface area contributed by atoms with E-state index in [4.69, 9.17) is 9.47 Å². The molecule has 0 fully saturated rings. The fraction of sp³-hybridized carbons (Fsp3) is 0.250. The van der Waals surface area contributed by atoms with Crippen LogP contribution < -0.4 is 9.47 Å². The van der Waals surface area contributed by atoms with Gasteiger partial charge in [-0.2, -0.15) is 20.5 Å². The van der Waals surface area contributed by atoms with E-state index in [0.717, 1.165) is 0 Å². The van der Waals surface area contributed by atoms with Crippen molar-refractivity contribution < 1.29 is 17.9 Å². The summed E-state index contributed by atoms with van der Waals surface area (Å²) >= 11 is 0. The number of methoxy groups -OCH3 is 2. The first-order valence-corrected chi connectivity index (χ1v) is 9.09. The lowest BCUT2D eigenvalue weighted by Gasteiger charge is -2.02. The fourth-order valence-electron chi connectivity index (χ4n) is 1.85. The second-order valence-corrected chi connectivity index (χ2v) is 6.83. The number of azo groups is 2. The Kier molecular flexibility index (Phi) is 6.58. The van der Waals surface area contributed by atoms with Gasteiger partial charge in [-0.1, -0.05) is 24.3 Å². The fourth-order valence-corrected chi connectivity index (χ4v) is 2.40. The van der Waals surface area contributed by atoms with Crippen molar-refractivity contribution in [2.24, 2.45) is 20.5 Å². The van der Waals surface area contributed by atoms with Crippen LogP contribution in [0.3, 0.4) is 0 Å². The van der Waals surface area contributed by atoms with E-state index in [1.807, 2.05) is 0 Å². The highest BCUT2D eigenvalue weighted by atomic mass is 32.2. The van der Waals surface area contributed by atoms with E-state index in [-0.39, 0.29) is 0 Å². The molecule has 0 aromatic heterocycles. The predicted octanol–water partition coefficient (Wildman–Crippen LogP) is 3.90. The van der Waals surface area contributed by atoms with E-state index < -0.39 is 21.6 Å². The summed E-state index contributed by atoms with van der Waals surface area (Å²) in [5.41, 5.74) is 0.909. The van der Waals surface area contributed by atoms with Gasteiger partial charge in [0.05, 0.1) is 14.2 Å². The van der Waals surface area contributed by atoms with Crippen molar-refractivity contribution in [3.8, 4) is 11.5 Å². The molecule has 0 N–H and O–H groups in total. The van der Waals surface area contributed by atoms with E-state index in [2.05, 4.69) is 20.5 Å². The van der Waals surface area contributed by atoms with E-state index in [1.165, 1.54) is 14.2 Å². The van der Waals surface area contributed by atoms with Crippen molar-refractivity contribution >= 4 is 21.2 Å². The second-order valence-electron chi connectivity index (χ2n) is 4.83. The maximum atomic E-state index is 11.9. The normalized spacial score (nSPS) is 11.9. The number of ether oxygens (including phenoxy) is 2. The van der Waals surface area contributed by atoms with Crippen LogP contribution >= 0.6 is 0 Å². The third-order valence-corrected chi connectivity index (χ3v) is 4.05. The Morgan fingerprint density at radius 3 is 1.56 bits per heavy atom. The van der Waals surface area contributed by atoms with Crippen LogP contribution in [-0.4, -0.2) is 34.4 Å². The Balaban J connectivity index is 1.98. The lowest BCUT2D eigenvalue weighted by Crippen LogP contribution is -2.06. The molecule has 0 saturated heterocycles. The monoisotopic (exact) mass is 362 g/mol. The first-order chi connectivity index (χ1) is 12.1. The molecule has 0 unspecified atom stereocenters. The maximum Gasteiger partial charge on any atom is 0.194 e. The molecule has 0 bridgehead atoms. The Bertz CT molecular complexity index is 800. The number of hydrogen-bond donors (Lipinski definition) is 0. The van der Waals surface area contributed by atoms with Gasteiger partial charge in [-0.05, 0) is 24.3 Å². The molecule has 0 spiro atoms. The molecule has 0 atom stereocenters. The van der Waals surface area contributed by atoms with Crippen molar-refractivity contribution in [2.45, 2.75) is 0 Å². The van der Waals surface area contributed by atoms with Crippen molar-refractivity contribution in [3.05, 3.63) is 48.5 Å². The summed E-state index contributed by atoms with van der Waals surface area (Å²) in [5.74, 6) is 0.0467. The minimum atomic E-state index is -3.56. The lowest BCUT2D eigenvalue weighted by molar-refractivity contribution is 0.415. The molecule has 2 aromatic carbocycles. The quantitative estimate of drug-likeness (QED) is 0.664. The van der Waals surface area contributed by atoms with Gasteiger partial charge in [-0.3, -0.25) is 0 Å². The van der Waals surface area contributed by atoms with Crippen LogP contribution in [0.4, 0.5) is 11.4 Å². The van der Waals surface area contributed by atoms with Crippen molar-refractivity contribution in [2.75, 3.05) is 26.0 Å². The van der Waals surface area contributed by atoms with Gasteiger partial charge in [0.25, 0.3) is 0 Å². The number of sulfone groups is 1. The number of para-hydroxylation sites is 2. The van der Waals surface area contributed by atoms with Gasteiger partial charge in [0, 0.05) is 0 Å². The van der Waals surface area contributed by atoms with Gasteiger partial charge in [-0.15, -0.1) is 0 Å². The van der Waals surface area contributed by atoms with Crippen molar-refractivity contribution in [1.82, 2.24) is 0 Å². The average Bonchev–Trinajstić information content (AvgIpc) is 2.62. The Morgan fingerprint density at radius 2 is 1.16 bits per heavy atom. The first kappa shape index (κ1) is 18.5. The molecule has 2 rings (SSSR count). The standard InChI is InChI=1S/C16H18N4O4S/c1-23-15-9-5-3-7-13(15)19-17-11-25(21,22)12-18-20-14-8-4-6-10-16(14)24-2/h3-10H,11-12H2,1-2H3. The number of benzene rings is 2. The summed E-state index contributed by atoms with van der Waals surface area (Å²) in [5, 5.41) is 15.2. The molecule has 25 heavy (non-hydrogen) atoms. The molecular formula is C16H18N4O4S. The second kappa shape index (κ2) is 8.88. The third-order valence-electron chi connectivity index (χ3n) is 3.04. The van der Waals surface area contributed by atoms with E-state index >= 15 is 0 Å². The van der Waals surface area contributed by atoms with Crippen LogP contribution in [0.2, 0.25) is 0 Å². The molecule has 0 aliphatic carbocycles. The number of hydrogen-bond acceptors (Lipinski definition) is 8. The van der Waals surface area contributed by atoms with Gasteiger partial charge >= 0.3 is 0 Å². The maximum absolute atomic E-state index is 11.9. The average molecular weight is 362 g/mol. The first-order valence-electron chi connectivity index (χ1n) is 7.27. The molecule has 0 amide bonds. The highest BCUT2D eigenvalue weighted by Gasteiger charge is 2.10. The molecule has 2 aromatic rings. The number of rotatable bonds is 8. The van der Waals surface area contributed by atoms with Crippen LogP contribution in [0.5, 0.6) is 11.5 Å². The van der Waals surface area contributed by atoms with Gasteiger partial charge in [0.1, 0.15) is 22.9 Å². The minimum absolute atomic E-state index is 0.454. The zero-order chi connectivity index (χ0) is 18.1. The smallest absolute Gasteiger partial charge is 0.194 e. The molecule has 0 saturated carbocycles. The SMILES string of the molecule is COc1ccccc1N=NCS(=O)(=O)CN=Nc1ccccc1OC. The minimum Gasteiger partial charge on any atom is -0.494 e. The van der Waals surface area contributed by atoms with Gasteiger partial charge < -0.3 is 9.47 Å². The predicted molar refractivity (Wildman–Crippen MR) is 93.7 cm³/mol. The zero-order valence-electron chi connectivity index (χ0n) is 13.9. The van der Waals surface area contributed by atoms with Crippen LogP contribution in [0.15, 0.2) is 69.0 Å². The molecule has 8 nitrogen and oxygen atoms in total. The van der Waals surface area contributed by atoms with Gasteiger partial charge in [-0.25, -0.2) is 8.42 Å². The van der Waals surface area contributed by atoms with Crippen LogP contribution in [0, 0.1) is 0 Å². The van der Waals surface area contributed by atoms with Crippen LogP contribution in [-0.2, 0) is 9.84 Å². The van der Waals surface area contributed by atoms with E-state index in [1.54, 1.807) is 48.5 Å². The molecule has 0 aliphatic heterocycles. The summed E-state index contributed by atoms with van der Waals surface area (Å²) in [6, 6.07) is 13.9. The molecule has 0 aliphatic rings.